The third kappa shape index (κ3) is 3.20. The van der Waals surface area contributed by atoms with Gasteiger partial charge >= 0.3 is 5.97 Å². The maximum absolute atomic E-state index is 12.9. The first kappa shape index (κ1) is 14.2. The first-order chi connectivity index (χ1) is 9.47. The van der Waals surface area contributed by atoms with Crippen molar-refractivity contribution in [1.82, 2.24) is 15.0 Å². The van der Waals surface area contributed by atoms with E-state index in [0.29, 0.717) is 24.6 Å². The number of halogens is 1. The Morgan fingerprint density at radius 3 is 2.55 bits per heavy atom. The summed E-state index contributed by atoms with van der Waals surface area (Å²) in [5, 5.41) is 16.8. The van der Waals surface area contributed by atoms with Crippen molar-refractivity contribution in [3.8, 4) is 0 Å². The minimum atomic E-state index is -1.10. The minimum Gasteiger partial charge on any atom is -0.476 e. The summed E-state index contributed by atoms with van der Waals surface area (Å²) in [4.78, 5) is 11.2. The van der Waals surface area contributed by atoms with E-state index in [-0.39, 0.29) is 11.5 Å². The van der Waals surface area contributed by atoms with Crippen LogP contribution in [-0.4, -0.2) is 26.1 Å². The van der Waals surface area contributed by atoms with Crippen molar-refractivity contribution in [2.24, 2.45) is 5.92 Å². The zero-order chi connectivity index (χ0) is 14.7. The van der Waals surface area contributed by atoms with Crippen LogP contribution in [0.4, 0.5) is 4.39 Å². The summed E-state index contributed by atoms with van der Waals surface area (Å²) >= 11 is 0. The van der Waals surface area contributed by atoms with Gasteiger partial charge in [0.15, 0.2) is 5.69 Å². The summed E-state index contributed by atoms with van der Waals surface area (Å²) < 4.78 is 14.5. The molecule has 0 aliphatic rings. The van der Waals surface area contributed by atoms with Gasteiger partial charge in [-0.2, -0.15) is 0 Å². The SMILES string of the molecule is CC(C)Cn1nnc(C(=O)O)c1Cc1ccc(F)cc1. The molecule has 0 saturated heterocycles. The Labute approximate surface area is 116 Å². The second-order valence-corrected chi connectivity index (χ2v) is 5.07. The molecular weight excluding hydrogens is 261 g/mol. The van der Waals surface area contributed by atoms with Gasteiger partial charge in [-0.05, 0) is 23.6 Å². The average Bonchev–Trinajstić information content (AvgIpc) is 2.74. The molecule has 0 aliphatic heterocycles. The second kappa shape index (κ2) is 5.81. The summed E-state index contributed by atoms with van der Waals surface area (Å²) in [5.41, 5.74) is 1.31. The first-order valence-electron chi connectivity index (χ1n) is 6.37. The number of aromatic nitrogens is 3. The maximum Gasteiger partial charge on any atom is 0.358 e. The maximum atomic E-state index is 12.9. The molecule has 0 atom stereocenters. The molecule has 2 aromatic rings. The van der Waals surface area contributed by atoms with Crippen LogP contribution in [0.2, 0.25) is 0 Å². The number of carbonyl (C=O) groups is 1. The number of carboxylic acid groups (broad SMARTS) is 1. The standard InChI is InChI=1S/C14H16FN3O2/c1-9(2)8-18-12(13(14(19)20)16-17-18)7-10-3-5-11(15)6-4-10/h3-6,9H,7-8H2,1-2H3,(H,19,20). The van der Waals surface area contributed by atoms with Crippen LogP contribution >= 0.6 is 0 Å². The van der Waals surface area contributed by atoms with Gasteiger partial charge in [-0.25, -0.2) is 13.9 Å². The number of benzene rings is 1. The molecular formula is C14H16FN3O2. The van der Waals surface area contributed by atoms with Gasteiger partial charge in [0, 0.05) is 13.0 Å². The third-order valence-electron chi connectivity index (χ3n) is 2.86. The number of aromatic carboxylic acids is 1. The second-order valence-electron chi connectivity index (χ2n) is 5.07. The first-order valence-corrected chi connectivity index (χ1v) is 6.37. The van der Waals surface area contributed by atoms with E-state index in [4.69, 9.17) is 5.11 Å². The van der Waals surface area contributed by atoms with Crippen molar-refractivity contribution in [2.75, 3.05) is 0 Å². The number of nitrogens with zero attached hydrogens (tertiary/aromatic N) is 3. The summed E-state index contributed by atoms with van der Waals surface area (Å²) in [7, 11) is 0. The molecule has 0 radical (unpaired) electrons. The molecule has 1 N–H and O–H groups in total. The minimum absolute atomic E-state index is 0.0463. The van der Waals surface area contributed by atoms with Crippen LogP contribution in [0.1, 0.15) is 35.6 Å². The highest BCUT2D eigenvalue weighted by Gasteiger charge is 2.19. The molecule has 0 amide bonds. The Hall–Kier alpha value is -2.24. The van der Waals surface area contributed by atoms with Crippen LogP contribution < -0.4 is 0 Å². The molecule has 1 aromatic carbocycles. The predicted octanol–water partition coefficient (Wildman–Crippen LogP) is 2.36. The molecule has 1 aromatic heterocycles. The Balaban J connectivity index is 2.34. The number of carboxylic acids is 1. The van der Waals surface area contributed by atoms with E-state index < -0.39 is 5.97 Å². The highest BCUT2D eigenvalue weighted by Crippen LogP contribution is 2.15. The molecule has 106 valence electrons. The van der Waals surface area contributed by atoms with E-state index >= 15 is 0 Å². The fraction of sp³-hybridized carbons (Fsp3) is 0.357. The predicted molar refractivity (Wildman–Crippen MR) is 71.0 cm³/mol. The van der Waals surface area contributed by atoms with Gasteiger partial charge < -0.3 is 5.11 Å². The zero-order valence-corrected chi connectivity index (χ0v) is 11.4. The van der Waals surface area contributed by atoms with E-state index in [2.05, 4.69) is 10.3 Å². The number of rotatable bonds is 5. The molecule has 2 rings (SSSR count). The van der Waals surface area contributed by atoms with Crippen molar-refractivity contribution in [3.05, 3.63) is 47.0 Å². The molecule has 0 aliphatic carbocycles. The van der Waals surface area contributed by atoms with Crippen molar-refractivity contribution < 1.29 is 14.3 Å². The van der Waals surface area contributed by atoms with Gasteiger partial charge in [0.1, 0.15) is 5.82 Å². The van der Waals surface area contributed by atoms with Crippen molar-refractivity contribution >= 4 is 5.97 Å². The Bertz CT molecular complexity index is 605. The van der Waals surface area contributed by atoms with E-state index in [9.17, 15) is 9.18 Å². The Morgan fingerprint density at radius 2 is 2.00 bits per heavy atom. The van der Waals surface area contributed by atoms with Crippen LogP contribution in [0.3, 0.4) is 0 Å². The van der Waals surface area contributed by atoms with E-state index in [1.54, 1.807) is 16.8 Å². The Morgan fingerprint density at radius 1 is 1.35 bits per heavy atom. The van der Waals surface area contributed by atoms with Crippen LogP contribution in [0.15, 0.2) is 24.3 Å². The molecule has 0 saturated carbocycles. The lowest BCUT2D eigenvalue weighted by Crippen LogP contribution is -2.12. The van der Waals surface area contributed by atoms with E-state index in [1.807, 2.05) is 13.8 Å². The van der Waals surface area contributed by atoms with Gasteiger partial charge in [0.05, 0.1) is 5.69 Å². The van der Waals surface area contributed by atoms with Gasteiger partial charge in [0.25, 0.3) is 0 Å². The van der Waals surface area contributed by atoms with Gasteiger partial charge in [0.2, 0.25) is 0 Å². The molecule has 0 fully saturated rings. The zero-order valence-electron chi connectivity index (χ0n) is 11.4. The lowest BCUT2D eigenvalue weighted by atomic mass is 10.1. The van der Waals surface area contributed by atoms with Crippen molar-refractivity contribution in [1.29, 1.82) is 0 Å². The number of hydrogen-bond donors (Lipinski definition) is 1. The number of hydrogen-bond acceptors (Lipinski definition) is 3. The fourth-order valence-electron chi connectivity index (χ4n) is 1.96. The van der Waals surface area contributed by atoms with Crippen LogP contribution in [0, 0.1) is 11.7 Å². The highest BCUT2D eigenvalue weighted by molar-refractivity contribution is 5.86. The van der Waals surface area contributed by atoms with E-state index in [0.717, 1.165) is 5.56 Å². The molecule has 0 spiro atoms. The molecule has 0 bridgehead atoms. The topological polar surface area (TPSA) is 68.0 Å². The lowest BCUT2D eigenvalue weighted by molar-refractivity contribution is 0.0689. The van der Waals surface area contributed by atoms with Gasteiger partial charge in [-0.15, -0.1) is 5.10 Å². The van der Waals surface area contributed by atoms with Crippen LogP contribution in [0.25, 0.3) is 0 Å². The van der Waals surface area contributed by atoms with Crippen molar-refractivity contribution in [2.45, 2.75) is 26.8 Å². The molecule has 6 heteroatoms. The Kier molecular flexibility index (Phi) is 4.12. The molecule has 0 unspecified atom stereocenters. The van der Waals surface area contributed by atoms with Gasteiger partial charge in [-0.3, -0.25) is 0 Å². The third-order valence-corrected chi connectivity index (χ3v) is 2.86. The average molecular weight is 277 g/mol. The summed E-state index contributed by atoms with van der Waals surface area (Å²) in [6.07, 6.45) is 0.363. The summed E-state index contributed by atoms with van der Waals surface area (Å²) in [5.74, 6) is -1.09. The molecule has 20 heavy (non-hydrogen) atoms. The summed E-state index contributed by atoms with van der Waals surface area (Å²) in [6, 6.07) is 5.97. The monoisotopic (exact) mass is 277 g/mol. The molecule has 5 nitrogen and oxygen atoms in total. The van der Waals surface area contributed by atoms with E-state index in [1.165, 1.54) is 12.1 Å². The molecule has 1 heterocycles. The quantitative estimate of drug-likeness (QED) is 0.911. The van der Waals surface area contributed by atoms with Crippen LogP contribution in [0.5, 0.6) is 0 Å². The lowest BCUT2D eigenvalue weighted by Gasteiger charge is -2.09. The fourth-order valence-corrected chi connectivity index (χ4v) is 1.96. The van der Waals surface area contributed by atoms with Gasteiger partial charge in [-0.1, -0.05) is 31.2 Å². The largest absolute Gasteiger partial charge is 0.476 e. The summed E-state index contributed by atoms with van der Waals surface area (Å²) in [6.45, 7) is 4.63. The normalized spacial score (nSPS) is 11.0. The van der Waals surface area contributed by atoms with Crippen molar-refractivity contribution in [3.63, 3.8) is 0 Å². The van der Waals surface area contributed by atoms with Crippen LogP contribution in [-0.2, 0) is 13.0 Å². The highest BCUT2D eigenvalue weighted by atomic mass is 19.1. The smallest absolute Gasteiger partial charge is 0.358 e.